The number of amides is 2. The largest absolute Gasteiger partial charge is 0.293 e. The van der Waals surface area contributed by atoms with Crippen LogP contribution < -0.4 is 0 Å². The number of carbonyl (C=O) groups is 2. The van der Waals surface area contributed by atoms with Crippen molar-refractivity contribution in [3.8, 4) is 6.07 Å². The minimum absolute atomic E-state index is 0.138. The standard InChI is InChI=1S/C13H9ClN2O2S/c14-10-4-2-9(3-5-10)8-11-12(17)16(7-1-6-15)13(18)19-11/h2-5,8H,1,7H2/b11-8+. The van der Waals surface area contributed by atoms with Crippen molar-refractivity contribution in [1.29, 1.82) is 5.26 Å². The van der Waals surface area contributed by atoms with Crippen LogP contribution in [0.25, 0.3) is 6.08 Å². The molecule has 4 nitrogen and oxygen atoms in total. The molecule has 0 bridgehead atoms. The first-order chi connectivity index (χ1) is 9.11. The molecule has 2 amide bonds. The molecular weight excluding hydrogens is 284 g/mol. The molecule has 1 aliphatic heterocycles. The van der Waals surface area contributed by atoms with Crippen LogP contribution in [0.4, 0.5) is 4.79 Å². The summed E-state index contributed by atoms with van der Waals surface area (Å²) in [7, 11) is 0. The second-order valence-corrected chi connectivity index (χ2v) is 5.22. The van der Waals surface area contributed by atoms with Crippen LogP contribution in [0, 0.1) is 11.3 Å². The number of nitrogens with zero attached hydrogens (tertiary/aromatic N) is 2. The van der Waals surface area contributed by atoms with Gasteiger partial charge in [0.1, 0.15) is 0 Å². The molecule has 1 saturated heterocycles. The lowest BCUT2D eigenvalue weighted by molar-refractivity contribution is -0.122. The lowest BCUT2D eigenvalue weighted by Crippen LogP contribution is -2.28. The Bertz CT molecular complexity index is 590. The molecule has 0 aromatic heterocycles. The van der Waals surface area contributed by atoms with Crippen LogP contribution in [-0.2, 0) is 4.79 Å². The lowest BCUT2D eigenvalue weighted by Gasteiger charge is -2.08. The van der Waals surface area contributed by atoms with Gasteiger partial charge in [-0.05, 0) is 35.5 Å². The highest BCUT2D eigenvalue weighted by Crippen LogP contribution is 2.32. The molecule has 0 aliphatic carbocycles. The van der Waals surface area contributed by atoms with Gasteiger partial charge >= 0.3 is 0 Å². The summed E-state index contributed by atoms with van der Waals surface area (Å²) in [5.41, 5.74) is 0.801. The molecule has 0 saturated carbocycles. The number of thioether (sulfide) groups is 1. The monoisotopic (exact) mass is 292 g/mol. The van der Waals surface area contributed by atoms with Gasteiger partial charge in [0, 0.05) is 11.6 Å². The molecule has 96 valence electrons. The number of halogens is 1. The van der Waals surface area contributed by atoms with E-state index >= 15 is 0 Å². The van der Waals surface area contributed by atoms with Crippen molar-refractivity contribution in [2.45, 2.75) is 6.42 Å². The van der Waals surface area contributed by atoms with Crippen molar-refractivity contribution in [3.63, 3.8) is 0 Å². The summed E-state index contributed by atoms with van der Waals surface area (Å²) in [6.07, 6.45) is 1.79. The van der Waals surface area contributed by atoms with Crippen molar-refractivity contribution in [1.82, 2.24) is 4.90 Å². The number of imide groups is 1. The summed E-state index contributed by atoms with van der Waals surface area (Å²) in [5, 5.41) is 8.77. The lowest BCUT2D eigenvalue weighted by atomic mass is 10.2. The van der Waals surface area contributed by atoms with Crippen LogP contribution in [0.2, 0.25) is 5.02 Å². The number of hydrogen-bond donors (Lipinski definition) is 0. The number of rotatable bonds is 3. The molecule has 0 radical (unpaired) electrons. The van der Waals surface area contributed by atoms with E-state index in [1.807, 2.05) is 6.07 Å². The Hall–Kier alpha value is -1.77. The highest BCUT2D eigenvalue weighted by molar-refractivity contribution is 8.18. The third-order valence-electron chi connectivity index (χ3n) is 2.49. The topological polar surface area (TPSA) is 61.2 Å². The van der Waals surface area contributed by atoms with Gasteiger partial charge in [-0.1, -0.05) is 23.7 Å². The predicted molar refractivity (Wildman–Crippen MR) is 74.4 cm³/mol. The first kappa shape index (κ1) is 13.7. The van der Waals surface area contributed by atoms with Crippen molar-refractivity contribution in [2.24, 2.45) is 0 Å². The molecule has 1 aromatic rings. The Morgan fingerprint density at radius 3 is 2.63 bits per heavy atom. The zero-order valence-corrected chi connectivity index (χ0v) is 11.4. The summed E-state index contributed by atoms with van der Waals surface area (Å²) in [5.74, 6) is -0.347. The highest BCUT2D eigenvalue weighted by atomic mass is 35.5. The minimum atomic E-state index is -0.347. The summed E-state index contributed by atoms with van der Waals surface area (Å²) in [4.78, 5) is 25.1. The van der Waals surface area contributed by atoms with E-state index in [0.717, 1.165) is 22.2 Å². The maximum atomic E-state index is 12.0. The van der Waals surface area contributed by atoms with E-state index in [-0.39, 0.29) is 24.1 Å². The smallest absolute Gasteiger partial charge is 0.268 e. The Morgan fingerprint density at radius 1 is 1.32 bits per heavy atom. The van der Waals surface area contributed by atoms with Crippen LogP contribution >= 0.6 is 23.4 Å². The Kier molecular flexibility index (Phi) is 4.25. The molecule has 0 spiro atoms. The van der Waals surface area contributed by atoms with Crippen LogP contribution in [0.5, 0.6) is 0 Å². The Labute approximate surface area is 119 Å². The van der Waals surface area contributed by atoms with Crippen LogP contribution in [0.1, 0.15) is 12.0 Å². The van der Waals surface area contributed by atoms with E-state index in [1.165, 1.54) is 0 Å². The van der Waals surface area contributed by atoms with Gasteiger partial charge in [0.15, 0.2) is 0 Å². The second-order valence-electron chi connectivity index (χ2n) is 3.79. The van der Waals surface area contributed by atoms with E-state index in [1.54, 1.807) is 30.3 Å². The van der Waals surface area contributed by atoms with Crippen LogP contribution in [-0.4, -0.2) is 22.6 Å². The third-order valence-corrected chi connectivity index (χ3v) is 3.65. The van der Waals surface area contributed by atoms with E-state index in [0.29, 0.717) is 9.93 Å². The van der Waals surface area contributed by atoms with Gasteiger partial charge in [-0.2, -0.15) is 5.26 Å². The first-order valence-electron chi connectivity index (χ1n) is 5.49. The highest BCUT2D eigenvalue weighted by Gasteiger charge is 2.34. The van der Waals surface area contributed by atoms with E-state index in [4.69, 9.17) is 16.9 Å². The summed E-state index contributed by atoms with van der Waals surface area (Å²) >= 11 is 6.66. The number of nitriles is 1. The van der Waals surface area contributed by atoms with Gasteiger partial charge in [0.05, 0.1) is 17.4 Å². The zero-order chi connectivity index (χ0) is 13.8. The number of carbonyl (C=O) groups excluding carboxylic acids is 2. The van der Waals surface area contributed by atoms with Crippen molar-refractivity contribution in [2.75, 3.05) is 6.54 Å². The van der Waals surface area contributed by atoms with Gasteiger partial charge in [-0.3, -0.25) is 14.5 Å². The fraction of sp³-hybridized carbons (Fsp3) is 0.154. The van der Waals surface area contributed by atoms with Crippen molar-refractivity contribution < 1.29 is 9.59 Å². The SMILES string of the molecule is N#CCCN1C(=O)S/C(=C/c2ccc(Cl)cc2)C1=O. The molecule has 19 heavy (non-hydrogen) atoms. The normalized spacial score (nSPS) is 17.1. The molecule has 1 aromatic carbocycles. The molecule has 0 atom stereocenters. The minimum Gasteiger partial charge on any atom is -0.268 e. The van der Waals surface area contributed by atoms with Crippen LogP contribution in [0.15, 0.2) is 29.2 Å². The summed E-state index contributed by atoms with van der Waals surface area (Å²) < 4.78 is 0. The molecule has 0 N–H and O–H groups in total. The van der Waals surface area contributed by atoms with E-state index in [2.05, 4.69) is 0 Å². The summed E-state index contributed by atoms with van der Waals surface area (Å²) in [6.45, 7) is 0.138. The Morgan fingerprint density at radius 2 is 2.00 bits per heavy atom. The molecular formula is C13H9ClN2O2S. The predicted octanol–water partition coefficient (Wildman–Crippen LogP) is 3.29. The van der Waals surface area contributed by atoms with E-state index in [9.17, 15) is 9.59 Å². The maximum Gasteiger partial charge on any atom is 0.293 e. The zero-order valence-electron chi connectivity index (χ0n) is 9.80. The number of hydrogen-bond acceptors (Lipinski definition) is 4. The average Bonchev–Trinajstić information content (AvgIpc) is 2.65. The van der Waals surface area contributed by atoms with E-state index < -0.39 is 0 Å². The molecule has 6 heteroatoms. The quantitative estimate of drug-likeness (QED) is 0.802. The molecule has 2 rings (SSSR count). The molecule has 1 aliphatic rings. The first-order valence-corrected chi connectivity index (χ1v) is 6.69. The third kappa shape index (κ3) is 3.16. The van der Waals surface area contributed by atoms with Crippen molar-refractivity contribution >= 4 is 40.6 Å². The van der Waals surface area contributed by atoms with Gasteiger partial charge < -0.3 is 0 Å². The fourth-order valence-corrected chi connectivity index (χ4v) is 2.56. The summed E-state index contributed by atoms with van der Waals surface area (Å²) in [6, 6.07) is 8.89. The Balaban J connectivity index is 2.18. The molecule has 1 fully saturated rings. The van der Waals surface area contributed by atoms with Crippen molar-refractivity contribution in [3.05, 3.63) is 39.8 Å². The second kappa shape index (κ2) is 5.91. The van der Waals surface area contributed by atoms with Crippen LogP contribution in [0.3, 0.4) is 0 Å². The number of benzene rings is 1. The maximum absolute atomic E-state index is 12.0. The van der Waals surface area contributed by atoms with Gasteiger partial charge in [-0.25, -0.2) is 0 Å². The van der Waals surface area contributed by atoms with Gasteiger partial charge in [-0.15, -0.1) is 0 Å². The fourth-order valence-electron chi connectivity index (χ4n) is 1.56. The van der Waals surface area contributed by atoms with Gasteiger partial charge in [0.2, 0.25) is 0 Å². The van der Waals surface area contributed by atoms with Gasteiger partial charge in [0.25, 0.3) is 11.1 Å². The average molecular weight is 293 g/mol. The molecule has 1 heterocycles. The molecule has 0 unspecified atom stereocenters.